The Labute approximate surface area is 107 Å². The fourth-order valence-electron chi connectivity index (χ4n) is 1.99. The summed E-state index contributed by atoms with van der Waals surface area (Å²) in [7, 11) is -3.45. The molecular weight excluding hydrogens is 250 g/mol. The third-order valence-electron chi connectivity index (χ3n) is 2.83. The van der Waals surface area contributed by atoms with Gasteiger partial charge in [0.25, 0.3) is 10.0 Å². The second kappa shape index (κ2) is 4.97. The van der Waals surface area contributed by atoms with Gasteiger partial charge in [-0.2, -0.15) is 0 Å². The maximum Gasteiger partial charge on any atom is 0.259 e. The fraction of sp³-hybridized carbons (Fsp3) is 0.417. The zero-order chi connectivity index (χ0) is 13.2. The number of anilines is 1. The molecule has 3 N–H and O–H groups in total. The first-order chi connectivity index (χ1) is 8.53. The highest BCUT2D eigenvalue weighted by molar-refractivity contribution is 7.89. The smallest absolute Gasteiger partial charge is 0.259 e. The van der Waals surface area contributed by atoms with Crippen LogP contribution in [0.3, 0.4) is 0 Å². The number of nitrogens with zero attached hydrogens (tertiary/aromatic N) is 1. The van der Waals surface area contributed by atoms with Crippen molar-refractivity contribution in [1.82, 2.24) is 0 Å². The van der Waals surface area contributed by atoms with E-state index in [0.29, 0.717) is 5.56 Å². The van der Waals surface area contributed by atoms with Crippen LogP contribution in [0.15, 0.2) is 22.6 Å². The molecule has 2 rings (SSSR count). The molecular formula is C12H17N3O2S. The van der Waals surface area contributed by atoms with Crippen molar-refractivity contribution in [2.24, 2.45) is 10.1 Å². The van der Waals surface area contributed by atoms with E-state index < -0.39 is 10.0 Å². The predicted molar refractivity (Wildman–Crippen MR) is 73.2 cm³/mol. The number of rotatable bonds is 4. The van der Waals surface area contributed by atoms with Crippen LogP contribution in [0, 0.1) is 0 Å². The van der Waals surface area contributed by atoms with Gasteiger partial charge in [-0.1, -0.05) is 25.5 Å². The van der Waals surface area contributed by atoms with Gasteiger partial charge >= 0.3 is 0 Å². The zero-order valence-corrected chi connectivity index (χ0v) is 11.1. The van der Waals surface area contributed by atoms with Gasteiger partial charge in [0.2, 0.25) is 0 Å². The number of fused-ring (bicyclic) bond motifs is 1. The summed E-state index contributed by atoms with van der Waals surface area (Å²) in [6.07, 6.45) is 2.15. The van der Waals surface area contributed by atoms with Gasteiger partial charge < -0.3 is 11.1 Å². The molecule has 1 aliphatic rings. The van der Waals surface area contributed by atoms with Crippen molar-refractivity contribution in [1.29, 1.82) is 0 Å². The van der Waals surface area contributed by atoms with Gasteiger partial charge in [0.1, 0.15) is 5.84 Å². The average molecular weight is 267 g/mol. The third-order valence-corrected chi connectivity index (χ3v) is 3.98. The van der Waals surface area contributed by atoms with Crippen molar-refractivity contribution >= 4 is 21.5 Å². The second-order valence-electron chi connectivity index (χ2n) is 4.32. The molecule has 1 aliphatic heterocycles. The molecule has 0 bridgehead atoms. The topological polar surface area (TPSA) is 84.5 Å². The van der Waals surface area contributed by atoms with Crippen LogP contribution in [0.4, 0.5) is 5.69 Å². The molecule has 0 saturated carbocycles. The minimum absolute atomic E-state index is 0.0771. The Kier molecular flexibility index (Phi) is 3.56. The number of nitrogens with one attached hydrogen (secondary N) is 1. The monoisotopic (exact) mass is 267 g/mol. The van der Waals surface area contributed by atoms with Crippen LogP contribution in [0.2, 0.25) is 0 Å². The summed E-state index contributed by atoms with van der Waals surface area (Å²) in [5.41, 5.74) is 8.05. The minimum atomic E-state index is -3.45. The van der Waals surface area contributed by atoms with E-state index in [1.165, 1.54) is 0 Å². The van der Waals surface area contributed by atoms with Gasteiger partial charge in [0, 0.05) is 17.8 Å². The molecule has 6 heteroatoms. The van der Waals surface area contributed by atoms with E-state index in [2.05, 4.69) is 16.6 Å². The predicted octanol–water partition coefficient (Wildman–Crippen LogP) is 1.45. The third kappa shape index (κ3) is 2.64. The first kappa shape index (κ1) is 12.9. The van der Waals surface area contributed by atoms with Gasteiger partial charge in [-0.25, -0.2) is 8.42 Å². The minimum Gasteiger partial charge on any atom is -0.384 e. The lowest BCUT2D eigenvalue weighted by molar-refractivity contribution is 0.596. The SMILES string of the molecule is CCCCNc1cccc2c1C(N)=NS(=O)(=O)C2. The fourth-order valence-corrected chi connectivity index (χ4v) is 3.08. The summed E-state index contributed by atoms with van der Waals surface area (Å²) < 4.78 is 26.6. The number of benzene rings is 1. The van der Waals surface area contributed by atoms with E-state index in [0.717, 1.165) is 30.6 Å². The molecule has 18 heavy (non-hydrogen) atoms. The average Bonchev–Trinajstić information content (AvgIpc) is 2.27. The highest BCUT2D eigenvalue weighted by Gasteiger charge is 2.24. The van der Waals surface area contributed by atoms with Crippen LogP contribution in [0.1, 0.15) is 30.9 Å². The van der Waals surface area contributed by atoms with Gasteiger partial charge in [-0.05, 0) is 18.1 Å². The first-order valence-electron chi connectivity index (χ1n) is 5.98. The van der Waals surface area contributed by atoms with Crippen LogP contribution in [0.5, 0.6) is 0 Å². The number of hydrogen-bond donors (Lipinski definition) is 2. The number of nitrogens with two attached hydrogens (primary N) is 1. The number of hydrogen-bond acceptors (Lipinski definition) is 4. The standard InChI is InChI=1S/C12H17N3O2S/c1-2-3-7-14-10-6-4-5-9-8-18(16,17)15-12(13)11(9)10/h4-6,14H,2-3,7-8H2,1H3,(H2,13,15). The highest BCUT2D eigenvalue weighted by atomic mass is 32.2. The molecule has 0 aliphatic carbocycles. The summed E-state index contributed by atoms with van der Waals surface area (Å²) in [6.45, 7) is 2.96. The molecule has 98 valence electrons. The summed E-state index contributed by atoms with van der Waals surface area (Å²) in [5, 5.41) is 3.28. The van der Waals surface area contributed by atoms with Crippen LogP contribution in [-0.2, 0) is 15.8 Å². The molecule has 0 unspecified atom stereocenters. The first-order valence-corrected chi connectivity index (χ1v) is 7.58. The Balaban J connectivity index is 2.36. The lowest BCUT2D eigenvalue weighted by Gasteiger charge is -2.18. The van der Waals surface area contributed by atoms with Crippen molar-refractivity contribution in [3.8, 4) is 0 Å². The van der Waals surface area contributed by atoms with Crippen molar-refractivity contribution in [2.45, 2.75) is 25.5 Å². The van der Waals surface area contributed by atoms with Crippen molar-refractivity contribution in [2.75, 3.05) is 11.9 Å². The Bertz CT molecular complexity index is 579. The summed E-state index contributed by atoms with van der Waals surface area (Å²) in [6, 6.07) is 5.51. The molecule has 1 aromatic carbocycles. The van der Waals surface area contributed by atoms with E-state index >= 15 is 0 Å². The highest BCUT2D eigenvalue weighted by Crippen LogP contribution is 2.26. The second-order valence-corrected chi connectivity index (χ2v) is 5.96. The van der Waals surface area contributed by atoms with Gasteiger partial charge in [-0.15, -0.1) is 4.40 Å². The molecule has 1 aromatic rings. The van der Waals surface area contributed by atoms with Crippen LogP contribution in [0.25, 0.3) is 0 Å². The lowest BCUT2D eigenvalue weighted by Crippen LogP contribution is -2.25. The maximum atomic E-state index is 11.5. The molecule has 0 radical (unpaired) electrons. The van der Waals surface area contributed by atoms with Gasteiger partial charge in [0.05, 0.1) is 5.75 Å². The quantitative estimate of drug-likeness (QED) is 0.809. The largest absolute Gasteiger partial charge is 0.384 e. The van der Waals surface area contributed by atoms with Crippen LogP contribution in [-0.4, -0.2) is 20.8 Å². The zero-order valence-electron chi connectivity index (χ0n) is 10.3. The Morgan fingerprint density at radius 2 is 2.22 bits per heavy atom. The summed E-state index contributed by atoms with van der Waals surface area (Å²) in [5.74, 6) is 0.00244. The Morgan fingerprint density at radius 1 is 1.44 bits per heavy atom. The Morgan fingerprint density at radius 3 is 2.94 bits per heavy atom. The van der Waals surface area contributed by atoms with Gasteiger partial charge in [-0.3, -0.25) is 0 Å². The number of amidine groups is 1. The van der Waals surface area contributed by atoms with Crippen LogP contribution < -0.4 is 11.1 Å². The van der Waals surface area contributed by atoms with E-state index in [9.17, 15) is 8.42 Å². The molecule has 0 atom stereocenters. The summed E-state index contributed by atoms with van der Waals surface area (Å²) in [4.78, 5) is 0. The van der Waals surface area contributed by atoms with Crippen molar-refractivity contribution in [3.05, 3.63) is 29.3 Å². The van der Waals surface area contributed by atoms with E-state index in [1.54, 1.807) is 6.07 Å². The summed E-state index contributed by atoms with van der Waals surface area (Å²) >= 11 is 0. The van der Waals surface area contributed by atoms with E-state index in [-0.39, 0.29) is 11.6 Å². The number of sulfonamides is 1. The van der Waals surface area contributed by atoms with Crippen LogP contribution >= 0.6 is 0 Å². The Hall–Kier alpha value is -1.56. The van der Waals surface area contributed by atoms with Gasteiger partial charge in [0.15, 0.2) is 0 Å². The molecule has 1 heterocycles. The molecule has 0 saturated heterocycles. The number of unbranched alkanes of at least 4 members (excludes halogenated alkanes) is 1. The molecule has 0 amide bonds. The molecule has 0 fully saturated rings. The maximum absolute atomic E-state index is 11.5. The van der Waals surface area contributed by atoms with Crippen molar-refractivity contribution in [3.63, 3.8) is 0 Å². The lowest BCUT2D eigenvalue weighted by atomic mass is 10.1. The van der Waals surface area contributed by atoms with E-state index in [1.807, 2.05) is 12.1 Å². The van der Waals surface area contributed by atoms with E-state index in [4.69, 9.17) is 5.73 Å². The molecule has 5 nitrogen and oxygen atoms in total. The van der Waals surface area contributed by atoms with Crippen molar-refractivity contribution < 1.29 is 8.42 Å². The molecule has 0 aromatic heterocycles. The molecule has 0 spiro atoms. The normalized spacial score (nSPS) is 16.8.